The SMILES string of the molecule is CCOC(=O)C(CC)(COCSSCC)COP(=O)(O)OC1C[C@H](n2cc(C)c(=O)[nH]c2=O)O[C@@H]1CO. The molecule has 0 aromatic carbocycles. The van der Waals surface area contributed by atoms with E-state index in [1.165, 1.54) is 23.9 Å². The molecule has 16 heteroatoms. The number of H-pyrrole nitrogens is 1. The zero-order chi connectivity index (χ0) is 27.6. The van der Waals surface area contributed by atoms with Crippen LogP contribution < -0.4 is 11.2 Å². The van der Waals surface area contributed by atoms with Gasteiger partial charge in [-0.2, -0.15) is 0 Å². The molecule has 0 spiro atoms. The summed E-state index contributed by atoms with van der Waals surface area (Å²) < 4.78 is 40.9. The van der Waals surface area contributed by atoms with Crippen LogP contribution in [0.3, 0.4) is 0 Å². The molecule has 5 atom stereocenters. The van der Waals surface area contributed by atoms with Crippen molar-refractivity contribution in [2.24, 2.45) is 5.41 Å². The second-order valence-corrected chi connectivity index (χ2v) is 12.4. The Balaban J connectivity index is 2.11. The van der Waals surface area contributed by atoms with E-state index in [4.69, 9.17) is 23.3 Å². The molecular formula is C21H35N2O11PS2. The van der Waals surface area contributed by atoms with E-state index >= 15 is 0 Å². The summed E-state index contributed by atoms with van der Waals surface area (Å²) in [4.78, 5) is 49.2. The van der Waals surface area contributed by atoms with Crippen LogP contribution in [0.4, 0.5) is 0 Å². The Kier molecular flexibility index (Phi) is 12.9. The number of hydrogen-bond donors (Lipinski definition) is 3. The predicted octanol–water partition coefficient (Wildman–Crippen LogP) is 1.96. The van der Waals surface area contributed by atoms with Crippen molar-refractivity contribution in [3.8, 4) is 0 Å². The van der Waals surface area contributed by atoms with Crippen molar-refractivity contribution >= 4 is 35.4 Å². The van der Waals surface area contributed by atoms with E-state index in [-0.39, 0.29) is 31.6 Å². The Hall–Kier alpha value is -1.16. The first-order valence-corrected chi connectivity index (χ1v) is 15.7. The van der Waals surface area contributed by atoms with E-state index in [1.807, 2.05) is 6.92 Å². The average Bonchev–Trinajstić information content (AvgIpc) is 3.25. The number of aryl methyl sites for hydroxylation is 1. The van der Waals surface area contributed by atoms with E-state index in [9.17, 15) is 28.9 Å². The van der Waals surface area contributed by atoms with Crippen LogP contribution in [0.1, 0.15) is 45.4 Å². The lowest BCUT2D eigenvalue weighted by molar-refractivity contribution is -0.162. The maximum absolute atomic E-state index is 12.9. The third kappa shape index (κ3) is 8.94. The van der Waals surface area contributed by atoms with Crippen LogP contribution in [0.25, 0.3) is 0 Å². The van der Waals surface area contributed by atoms with Crippen molar-refractivity contribution in [1.82, 2.24) is 9.55 Å². The lowest BCUT2D eigenvalue weighted by atomic mass is 9.87. The third-order valence-corrected chi connectivity index (χ3v) is 8.84. The molecule has 0 radical (unpaired) electrons. The highest BCUT2D eigenvalue weighted by Gasteiger charge is 2.45. The van der Waals surface area contributed by atoms with Crippen LogP contribution in [0.5, 0.6) is 0 Å². The molecule has 1 saturated heterocycles. The van der Waals surface area contributed by atoms with E-state index in [0.717, 1.165) is 10.3 Å². The average molecular weight is 587 g/mol. The molecule has 3 N–H and O–H groups in total. The summed E-state index contributed by atoms with van der Waals surface area (Å²) in [6.45, 7) is 5.79. The van der Waals surface area contributed by atoms with Gasteiger partial charge in [0.15, 0.2) is 0 Å². The molecule has 3 unspecified atom stereocenters. The lowest BCUT2D eigenvalue weighted by Gasteiger charge is -2.30. The van der Waals surface area contributed by atoms with Crippen LogP contribution >= 0.6 is 29.4 Å². The van der Waals surface area contributed by atoms with Crippen molar-refractivity contribution in [2.75, 3.05) is 38.1 Å². The van der Waals surface area contributed by atoms with E-state index in [0.29, 0.717) is 5.94 Å². The number of nitrogens with one attached hydrogen (secondary N) is 1. The highest BCUT2D eigenvalue weighted by atomic mass is 33.1. The maximum Gasteiger partial charge on any atom is 0.472 e. The van der Waals surface area contributed by atoms with Gasteiger partial charge >= 0.3 is 19.5 Å². The van der Waals surface area contributed by atoms with Crippen LogP contribution in [0, 0.1) is 12.3 Å². The Bertz CT molecular complexity index is 1050. The normalized spacial score (nSPS) is 22.9. The van der Waals surface area contributed by atoms with E-state index in [2.05, 4.69) is 4.98 Å². The van der Waals surface area contributed by atoms with E-state index < -0.39 is 62.1 Å². The Labute approximate surface area is 222 Å². The molecule has 1 fully saturated rings. The largest absolute Gasteiger partial charge is 0.472 e. The van der Waals surface area contributed by atoms with Crippen molar-refractivity contribution in [3.63, 3.8) is 0 Å². The first-order chi connectivity index (χ1) is 17.5. The van der Waals surface area contributed by atoms with Crippen molar-refractivity contribution < 1.29 is 42.6 Å². The molecule has 0 amide bonds. The number of aliphatic hydroxyl groups is 1. The number of nitrogens with zero attached hydrogens (tertiary/aromatic N) is 1. The Morgan fingerprint density at radius 2 is 2.03 bits per heavy atom. The minimum Gasteiger partial charge on any atom is -0.465 e. The molecule has 0 aliphatic carbocycles. The van der Waals surface area contributed by atoms with Gasteiger partial charge in [0, 0.05) is 23.9 Å². The van der Waals surface area contributed by atoms with Gasteiger partial charge in [0.25, 0.3) is 5.56 Å². The zero-order valence-electron chi connectivity index (χ0n) is 21.2. The van der Waals surface area contributed by atoms with Crippen molar-refractivity contribution in [3.05, 3.63) is 32.6 Å². The van der Waals surface area contributed by atoms with Crippen LogP contribution in [-0.4, -0.2) is 75.8 Å². The number of phosphoric ester groups is 1. The highest BCUT2D eigenvalue weighted by molar-refractivity contribution is 8.76. The molecule has 0 bridgehead atoms. The van der Waals surface area contributed by atoms with Gasteiger partial charge in [0.2, 0.25) is 0 Å². The summed E-state index contributed by atoms with van der Waals surface area (Å²) in [6, 6.07) is 0. The van der Waals surface area contributed by atoms with Gasteiger partial charge in [0.1, 0.15) is 29.8 Å². The van der Waals surface area contributed by atoms with Gasteiger partial charge in [0.05, 0.1) is 26.4 Å². The maximum atomic E-state index is 12.9. The van der Waals surface area contributed by atoms with Crippen LogP contribution in [0.2, 0.25) is 0 Å². The van der Waals surface area contributed by atoms with Gasteiger partial charge in [-0.25, -0.2) is 9.36 Å². The monoisotopic (exact) mass is 586 g/mol. The summed E-state index contributed by atoms with van der Waals surface area (Å²) >= 11 is 0. The second kappa shape index (κ2) is 14.8. The summed E-state index contributed by atoms with van der Waals surface area (Å²) in [5, 5.41) is 9.71. The number of aromatic nitrogens is 2. The number of rotatable bonds is 16. The highest BCUT2D eigenvalue weighted by Crippen LogP contribution is 2.49. The van der Waals surface area contributed by atoms with Gasteiger partial charge < -0.3 is 24.2 Å². The number of aliphatic hydroxyl groups excluding tert-OH is 1. The lowest BCUT2D eigenvalue weighted by Crippen LogP contribution is -2.41. The summed E-state index contributed by atoms with van der Waals surface area (Å²) in [5.74, 6) is 0.557. The van der Waals surface area contributed by atoms with Crippen LogP contribution in [0.15, 0.2) is 15.8 Å². The minimum absolute atomic E-state index is 0.0866. The molecule has 2 heterocycles. The van der Waals surface area contributed by atoms with Crippen molar-refractivity contribution in [2.45, 2.75) is 59.0 Å². The Morgan fingerprint density at radius 3 is 2.65 bits per heavy atom. The smallest absolute Gasteiger partial charge is 0.465 e. The Morgan fingerprint density at radius 1 is 1.30 bits per heavy atom. The number of phosphoric acid groups is 1. The molecule has 0 saturated carbocycles. The molecule has 2 rings (SSSR count). The zero-order valence-corrected chi connectivity index (χ0v) is 23.8. The number of esters is 1. The fourth-order valence-corrected chi connectivity index (χ4v) is 5.86. The van der Waals surface area contributed by atoms with Gasteiger partial charge in [-0.3, -0.25) is 28.2 Å². The van der Waals surface area contributed by atoms with Gasteiger partial charge in [-0.1, -0.05) is 35.4 Å². The van der Waals surface area contributed by atoms with Crippen molar-refractivity contribution in [1.29, 1.82) is 0 Å². The number of carbonyl (C=O) groups is 1. The number of hydrogen-bond acceptors (Lipinski definition) is 12. The fourth-order valence-electron chi connectivity index (χ4n) is 3.53. The first-order valence-electron chi connectivity index (χ1n) is 11.8. The number of carbonyl (C=O) groups excluding carboxylic acids is 1. The topological polar surface area (TPSA) is 176 Å². The second-order valence-electron chi connectivity index (χ2n) is 8.26. The number of aromatic amines is 1. The first kappa shape index (κ1) is 32.1. The molecule has 37 heavy (non-hydrogen) atoms. The molecule has 212 valence electrons. The minimum atomic E-state index is -4.77. The van der Waals surface area contributed by atoms with Gasteiger partial charge in [-0.05, 0) is 20.3 Å². The quantitative estimate of drug-likeness (QED) is 0.0843. The summed E-state index contributed by atoms with van der Waals surface area (Å²) in [7, 11) is -1.71. The molecule has 1 aromatic heterocycles. The van der Waals surface area contributed by atoms with Gasteiger partial charge in [-0.15, -0.1) is 0 Å². The predicted molar refractivity (Wildman–Crippen MR) is 138 cm³/mol. The molecule has 1 aliphatic heterocycles. The molecule has 1 aliphatic rings. The fraction of sp³-hybridized carbons (Fsp3) is 0.762. The molecular weight excluding hydrogens is 551 g/mol. The standard InChI is InChI=1S/C21H35N2O11PS2/c1-5-21(19(26)31-6-2,11-30-13-37-36-7-3)12-32-35(28,29)34-15-8-17(33-16(15)10-24)23-9-14(4)18(25)22-20(23)27/h9,15-17,24H,5-8,10-13H2,1-4H3,(H,28,29)(H,22,25,27)/t15?,16-,17-,21?/m1/s1. The summed E-state index contributed by atoms with van der Waals surface area (Å²) in [6.07, 6.45) is -1.72. The van der Waals surface area contributed by atoms with Crippen LogP contribution in [-0.2, 0) is 32.6 Å². The molecule has 13 nitrogen and oxygen atoms in total. The summed E-state index contributed by atoms with van der Waals surface area (Å²) in [5.41, 5.74) is -2.38. The van der Waals surface area contributed by atoms with E-state index in [1.54, 1.807) is 24.6 Å². The number of ether oxygens (including phenoxy) is 3. The third-order valence-electron chi connectivity index (χ3n) is 5.69. The molecule has 1 aromatic rings.